The Hall–Kier alpha value is -2.80. The zero-order chi connectivity index (χ0) is 17.4. The third-order valence-electron chi connectivity index (χ3n) is 3.35. The Labute approximate surface area is 139 Å². The van der Waals surface area contributed by atoms with Gasteiger partial charge in [0, 0.05) is 13.2 Å². The van der Waals surface area contributed by atoms with E-state index >= 15 is 0 Å². The van der Waals surface area contributed by atoms with Gasteiger partial charge in [-0.2, -0.15) is 0 Å². The predicted molar refractivity (Wildman–Crippen MR) is 86.8 cm³/mol. The summed E-state index contributed by atoms with van der Waals surface area (Å²) in [5.41, 5.74) is 0.990. The first-order valence-electron chi connectivity index (χ1n) is 7.58. The lowest BCUT2D eigenvalue weighted by Gasteiger charge is -2.13. The van der Waals surface area contributed by atoms with E-state index in [1.165, 1.54) is 0 Å². The summed E-state index contributed by atoms with van der Waals surface area (Å²) >= 11 is 0. The predicted octanol–water partition coefficient (Wildman–Crippen LogP) is 2.07. The number of rotatable bonds is 8. The molecule has 0 spiro atoms. The molecular formula is C17H19N3O4. The lowest BCUT2D eigenvalue weighted by Crippen LogP contribution is -2.26. The molecule has 7 nitrogen and oxygen atoms in total. The van der Waals surface area contributed by atoms with Crippen LogP contribution in [0.3, 0.4) is 0 Å². The van der Waals surface area contributed by atoms with Crippen LogP contribution in [0, 0.1) is 0 Å². The summed E-state index contributed by atoms with van der Waals surface area (Å²) in [6.07, 6.45) is 2.86. The molecule has 24 heavy (non-hydrogen) atoms. The van der Waals surface area contributed by atoms with Gasteiger partial charge in [-0.3, -0.25) is 4.79 Å². The van der Waals surface area contributed by atoms with Crippen molar-refractivity contribution in [1.29, 1.82) is 0 Å². The van der Waals surface area contributed by atoms with Crippen LogP contribution in [0.15, 0.2) is 42.7 Å². The van der Waals surface area contributed by atoms with Crippen molar-refractivity contribution >= 4 is 11.9 Å². The Morgan fingerprint density at radius 3 is 2.46 bits per heavy atom. The monoisotopic (exact) mass is 329 g/mol. The molecule has 0 bridgehead atoms. The van der Waals surface area contributed by atoms with Crippen LogP contribution in [-0.2, 0) is 4.74 Å². The first kappa shape index (κ1) is 17.6. The smallest absolute Gasteiger partial charge is 0.356 e. The van der Waals surface area contributed by atoms with Crippen molar-refractivity contribution in [3.05, 3.63) is 59.7 Å². The van der Waals surface area contributed by atoms with Gasteiger partial charge in [0.15, 0.2) is 5.69 Å². The lowest BCUT2D eigenvalue weighted by molar-refractivity contribution is 0.0633. The van der Waals surface area contributed by atoms with Gasteiger partial charge in [-0.1, -0.05) is 30.3 Å². The molecular weight excluding hydrogens is 310 g/mol. The highest BCUT2D eigenvalue weighted by Crippen LogP contribution is 2.15. The number of nitrogens with zero attached hydrogens (tertiary/aromatic N) is 2. The first-order valence-corrected chi connectivity index (χ1v) is 7.58. The van der Waals surface area contributed by atoms with Gasteiger partial charge < -0.3 is 15.2 Å². The number of carboxylic acids is 1. The second kappa shape index (κ2) is 8.73. The molecule has 2 aromatic rings. The molecule has 1 amide bonds. The molecule has 0 aliphatic carbocycles. The van der Waals surface area contributed by atoms with Crippen molar-refractivity contribution in [3.63, 3.8) is 0 Å². The van der Waals surface area contributed by atoms with Crippen LogP contribution >= 0.6 is 0 Å². The number of aromatic nitrogens is 2. The zero-order valence-electron chi connectivity index (χ0n) is 13.3. The fraction of sp³-hybridized carbons (Fsp3) is 0.294. The number of hydrogen-bond donors (Lipinski definition) is 2. The fourth-order valence-corrected chi connectivity index (χ4v) is 2.00. The maximum absolute atomic E-state index is 11.8. The van der Waals surface area contributed by atoms with Crippen molar-refractivity contribution < 1.29 is 19.4 Å². The first-order chi connectivity index (χ1) is 11.6. The highest BCUT2D eigenvalue weighted by atomic mass is 16.5. The minimum absolute atomic E-state index is 0.00340. The van der Waals surface area contributed by atoms with Crippen LogP contribution in [0.2, 0.25) is 0 Å². The zero-order valence-corrected chi connectivity index (χ0v) is 13.3. The van der Waals surface area contributed by atoms with E-state index in [4.69, 9.17) is 9.84 Å². The Morgan fingerprint density at radius 1 is 1.17 bits per heavy atom. The third-order valence-corrected chi connectivity index (χ3v) is 3.35. The topological polar surface area (TPSA) is 101 Å². The molecule has 2 N–H and O–H groups in total. The molecule has 2 rings (SSSR count). The summed E-state index contributed by atoms with van der Waals surface area (Å²) in [6, 6.07) is 9.90. The van der Waals surface area contributed by atoms with Gasteiger partial charge in [0.05, 0.1) is 18.5 Å². The Morgan fingerprint density at radius 2 is 1.83 bits per heavy atom. The number of carbonyl (C=O) groups is 2. The summed E-state index contributed by atoms with van der Waals surface area (Å²) in [4.78, 5) is 29.9. The maximum atomic E-state index is 11.8. The molecule has 1 heterocycles. The number of nitrogens with one attached hydrogen (secondary N) is 1. The van der Waals surface area contributed by atoms with Gasteiger partial charge in [-0.15, -0.1) is 0 Å². The second-order valence-corrected chi connectivity index (χ2v) is 5.13. The van der Waals surface area contributed by atoms with E-state index in [0.29, 0.717) is 19.6 Å². The molecule has 0 aliphatic heterocycles. The second-order valence-electron chi connectivity index (χ2n) is 5.13. The molecule has 126 valence electrons. The fourth-order valence-electron chi connectivity index (χ4n) is 2.00. The molecule has 1 aromatic carbocycles. The number of hydrogen-bond acceptors (Lipinski definition) is 5. The normalized spacial score (nSPS) is 11.7. The lowest BCUT2D eigenvalue weighted by atomic mass is 10.1. The van der Waals surface area contributed by atoms with Gasteiger partial charge >= 0.3 is 5.97 Å². The quantitative estimate of drug-likeness (QED) is 0.719. The molecule has 1 unspecified atom stereocenters. The standard InChI is InChI=1S/C17H19N3O4/c1-12(13-6-3-2-4-7-13)24-9-5-8-18-16(21)14-10-20-15(11-19-14)17(22)23/h2-4,6-7,10-12H,5,8-9H2,1H3,(H,18,21)(H,22,23). The van der Waals surface area contributed by atoms with Crippen molar-refractivity contribution in [2.45, 2.75) is 19.4 Å². The molecule has 0 radical (unpaired) electrons. The largest absolute Gasteiger partial charge is 0.476 e. The molecule has 1 atom stereocenters. The van der Waals surface area contributed by atoms with Gasteiger partial charge in [0.1, 0.15) is 5.69 Å². The Kier molecular flexibility index (Phi) is 6.39. The van der Waals surface area contributed by atoms with Crippen molar-refractivity contribution in [3.8, 4) is 0 Å². The van der Waals surface area contributed by atoms with Crippen LogP contribution < -0.4 is 5.32 Å². The van der Waals surface area contributed by atoms with Crippen LogP contribution in [0.25, 0.3) is 0 Å². The van der Waals surface area contributed by atoms with Crippen molar-refractivity contribution in [2.75, 3.05) is 13.2 Å². The average Bonchev–Trinajstić information content (AvgIpc) is 2.62. The Bertz CT molecular complexity index is 674. The van der Waals surface area contributed by atoms with E-state index in [1.54, 1.807) is 0 Å². The molecule has 0 fully saturated rings. The summed E-state index contributed by atoms with van der Waals surface area (Å²) in [6.45, 7) is 2.93. The average molecular weight is 329 g/mol. The van der Waals surface area contributed by atoms with E-state index in [0.717, 1.165) is 18.0 Å². The Balaban J connectivity index is 1.68. The number of ether oxygens (including phenoxy) is 1. The SMILES string of the molecule is CC(OCCCNC(=O)c1cnc(C(=O)O)cn1)c1ccccc1. The number of amides is 1. The summed E-state index contributed by atoms with van der Waals surface area (Å²) < 4.78 is 5.71. The highest BCUT2D eigenvalue weighted by molar-refractivity contribution is 5.92. The van der Waals surface area contributed by atoms with Crippen LogP contribution in [0.5, 0.6) is 0 Å². The summed E-state index contributed by atoms with van der Waals surface area (Å²) in [7, 11) is 0. The number of carbonyl (C=O) groups excluding carboxylic acids is 1. The van der Waals surface area contributed by atoms with Gasteiger partial charge in [-0.05, 0) is 18.9 Å². The molecule has 0 saturated carbocycles. The molecule has 1 aromatic heterocycles. The van der Waals surface area contributed by atoms with E-state index < -0.39 is 11.9 Å². The summed E-state index contributed by atoms with van der Waals surface area (Å²) in [5.74, 6) is -1.57. The summed E-state index contributed by atoms with van der Waals surface area (Å²) in [5, 5.41) is 11.4. The molecule has 0 aliphatic rings. The van der Waals surface area contributed by atoms with E-state index in [9.17, 15) is 9.59 Å². The van der Waals surface area contributed by atoms with Crippen molar-refractivity contribution in [2.24, 2.45) is 0 Å². The van der Waals surface area contributed by atoms with E-state index in [2.05, 4.69) is 15.3 Å². The number of benzene rings is 1. The van der Waals surface area contributed by atoms with Crippen LogP contribution in [0.4, 0.5) is 0 Å². The minimum Gasteiger partial charge on any atom is -0.476 e. The van der Waals surface area contributed by atoms with E-state index in [1.807, 2.05) is 37.3 Å². The van der Waals surface area contributed by atoms with Crippen LogP contribution in [0.1, 0.15) is 46.0 Å². The molecule has 7 heteroatoms. The van der Waals surface area contributed by atoms with Gasteiger partial charge in [0.25, 0.3) is 5.91 Å². The minimum atomic E-state index is -1.18. The van der Waals surface area contributed by atoms with Gasteiger partial charge in [-0.25, -0.2) is 14.8 Å². The number of aromatic carboxylic acids is 1. The molecule has 0 saturated heterocycles. The maximum Gasteiger partial charge on any atom is 0.356 e. The third kappa shape index (κ3) is 5.13. The van der Waals surface area contributed by atoms with Crippen molar-refractivity contribution in [1.82, 2.24) is 15.3 Å². The van der Waals surface area contributed by atoms with Crippen LogP contribution in [-0.4, -0.2) is 40.1 Å². The highest BCUT2D eigenvalue weighted by Gasteiger charge is 2.10. The van der Waals surface area contributed by atoms with Gasteiger partial charge in [0.2, 0.25) is 0 Å². The number of carboxylic acid groups (broad SMARTS) is 1. The van der Waals surface area contributed by atoms with E-state index in [-0.39, 0.29) is 17.5 Å².